The summed E-state index contributed by atoms with van der Waals surface area (Å²) in [5.41, 5.74) is 1.31. The molecule has 1 aromatic carbocycles. The highest BCUT2D eigenvalue weighted by molar-refractivity contribution is 5.95. The zero-order valence-corrected chi connectivity index (χ0v) is 17.2. The highest BCUT2D eigenvalue weighted by atomic mass is 16.2. The summed E-state index contributed by atoms with van der Waals surface area (Å²) in [7, 11) is 0. The van der Waals surface area contributed by atoms with Gasteiger partial charge >= 0.3 is 0 Å². The monoisotopic (exact) mass is 384 g/mol. The number of anilines is 1. The van der Waals surface area contributed by atoms with Crippen molar-refractivity contribution < 1.29 is 9.59 Å². The molecule has 2 amide bonds. The second-order valence-electron chi connectivity index (χ2n) is 7.57. The fourth-order valence-electron chi connectivity index (χ4n) is 2.69. The van der Waals surface area contributed by atoms with Gasteiger partial charge in [-0.15, -0.1) is 0 Å². The van der Waals surface area contributed by atoms with Crippen molar-refractivity contribution in [3.8, 4) is 0 Å². The lowest BCUT2D eigenvalue weighted by Crippen LogP contribution is -2.31. The average Bonchev–Trinajstić information content (AvgIpc) is 2.64. The predicted octanol–water partition coefficient (Wildman–Crippen LogP) is 2.66. The Kier molecular flexibility index (Phi) is 6.72. The van der Waals surface area contributed by atoms with Crippen LogP contribution in [0.15, 0.2) is 41.2 Å². The van der Waals surface area contributed by atoms with Crippen molar-refractivity contribution in [2.75, 3.05) is 18.4 Å². The Labute approximate surface area is 165 Å². The molecule has 28 heavy (non-hydrogen) atoms. The minimum atomic E-state index is -0.358. The number of benzene rings is 1. The lowest BCUT2D eigenvalue weighted by Gasteiger charge is -2.19. The summed E-state index contributed by atoms with van der Waals surface area (Å²) in [6.07, 6.45) is 0. The Bertz CT molecular complexity index is 891. The van der Waals surface area contributed by atoms with E-state index in [-0.39, 0.29) is 29.3 Å². The molecule has 0 aliphatic rings. The van der Waals surface area contributed by atoms with Crippen molar-refractivity contribution in [1.82, 2.24) is 14.7 Å². The molecule has 150 valence electrons. The molecule has 0 atom stereocenters. The van der Waals surface area contributed by atoms with Gasteiger partial charge < -0.3 is 10.2 Å². The topological polar surface area (TPSA) is 84.3 Å². The molecule has 0 aliphatic heterocycles. The third-order valence-electron chi connectivity index (χ3n) is 4.39. The van der Waals surface area contributed by atoms with Crippen LogP contribution in [0.5, 0.6) is 0 Å². The normalized spacial score (nSPS) is 11.2. The van der Waals surface area contributed by atoms with E-state index in [4.69, 9.17) is 0 Å². The lowest BCUT2D eigenvalue weighted by molar-refractivity contribution is -0.117. The van der Waals surface area contributed by atoms with Gasteiger partial charge in [-0.25, -0.2) is 4.68 Å². The SMILES string of the molecule is CCN(CC)C(=O)c1ccc(NC(=O)Cn2nc(C(C)(C)C)ccc2=O)cc1. The van der Waals surface area contributed by atoms with Crippen molar-refractivity contribution in [3.05, 3.63) is 58.0 Å². The third-order valence-corrected chi connectivity index (χ3v) is 4.39. The highest BCUT2D eigenvalue weighted by Crippen LogP contribution is 2.18. The van der Waals surface area contributed by atoms with Gasteiger partial charge in [0.25, 0.3) is 11.5 Å². The van der Waals surface area contributed by atoms with E-state index < -0.39 is 0 Å². The van der Waals surface area contributed by atoms with E-state index in [1.807, 2.05) is 34.6 Å². The Morgan fingerprint density at radius 3 is 2.18 bits per heavy atom. The van der Waals surface area contributed by atoms with Crippen LogP contribution in [0.25, 0.3) is 0 Å². The zero-order valence-electron chi connectivity index (χ0n) is 17.2. The summed E-state index contributed by atoms with van der Waals surface area (Å²) in [5, 5.41) is 7.03. The number of carbonyl (C=O) groups is 2. The van der Waals surface area contributed by atoms with Gasteiger partial charge in [-0.1, -0.05) is 20.8 Å². The molecule has 7 nitrogen and oxygen atoms in total. The van der Waals surface area contributed by atoms with Crippen LogP contribution in [0.3, 0.4) is 0 Å². The fraction of sp³-hybridized carbons (Fsp3) is 0.429. The summed E-state index contributed by atoms with van der Waals surface area (Å²) in [4.78, 5) is 38.4. The quantitative estimate of drug-likeness (QED) is 0.830. The lowest BCUT2D eigenvalue weighted by atomic mass is 9.92. The highest BCUT2D eigenvalue weighted by Gasteiger charge is 2.17. The van der Waals surface area contributed by atoms with E-state index in [0.717, 1.165) is 10.4 Å². The van der Waals surface area contributed by atoms with Crippen LogP contribution < -0.4 is 10.9 Å². The molecule has 2 rings (SSSR count). The first kappa shape index (κ1) is 21.3. The van der Waals surface area contributed by atoms with Crippen molar-refractivity contribution in [2.24, 2.45) is 0 Å². The Hall–Kier alpha value is -2.96. The van der Waals surface area contributed by atoms with E-state index in [2.05, 4.69) is 10.4 Å². The molecule has 0 aliphatic carbocycles. The first-order chi connectivity index (χ1) is 13.2. The third kappa shape index (κ3) is 5.28. The van der Waals surface area contributed by atoms with Gasteiger partial charge in [0.1, 0.15) is 6.54 Å². The summed E-state index contributed by atoms with van der Waals surface area (Å²) >= 11 is 0. The van der Waals surface area contributed by atoms with Gasteiger partial charge in [-0.3, -0.25) is 14.4 Å². The standard InChI is InChI=1S/C21H28N4O3/c1-6-24(7-2)20(28)15-8-10-16(11-9-15)22-18(26)14-25-19(27)13-12-17(23-25)21(3,4)5/h8-13H,6-7,14H2,1-5H3,(H,22,26). The summed E-state index contributed by atoms with van der Waals surface area (Å²) in [5.74, 6) is -0.402. The number of aromatic nitrogens is 2. The van der Waals surface area contributed by atoms with Gasteiger partial charge in [0, 0.05) is 35.8 Å². The minimum Gasteiger partial charge on any atom is -0.339 e. The maximum atomic E-state index is 12.3. The summed E-state index contributed by atoms with van der Waals surface area (Å²) in [6.45, 7) is 10.9. The maximum Gasteiger partial charge on any atom is 0.267 e. The van der Waals surface area contributed by atoms with Crippen molar-refractivity contribution in [3.63, 3.8) is 0 Å². The molecule has 2 aromatic rings. The first-order valence-electron chi connectivity index (χ1n) is 9.43. The molecule has 0 saturated heterocycles. The molecule has 1 N–H and O–H groups in total. The van der Waals surface area contributed by atoms with Crippen LogP contribution in [0.2, 0.25) is 0 Å². The van der Waals surface area contributed by atoms with Crippen LogP contribution in [0.1, 0.15) is 50.7 Å². The van der Waals surface area contributed by atoms with Crippen molar-refractivity contribution in [1.29, 1.82) is 0 Å². The number of carbonyl (C=O) groups excluding carboxylic acids is 2. The van der Waals surface area contributed by atoms with Crippen molar-refractivity contribution >= 4 is 17.5 Å². The molecule has 0 radical (unpaired) electrons. The van der Waals surface area contributed by atoms with E-state index >= 15 is 0 Å². The molecule has 0 spiro atoms. The van der Waals surface area contributed by atoms with Gasteiger partial charge in [0.15, 0.2) is 0 Å². The number of hydrogen-bond acceptors (Lipinski definition) is 4. The van der Waals surface area contributed by atoms with Gasteiger partial charge in [0.05, 0.1) is 5.69 Å². The average molecular weight is 384 g/mol. The Balaban J connectivity index is 2.08. The largest absolute Gasteiger partial charge is 0.339 e. The van der Waals surface area contributed by atoms with Crippen LogP contribution in [0.4, 0.5) is 5.69 Å². The number of amides is 2. The summed E-state index contributed by atoms with van der Waals surface area (Å²) in [6, 6.07) is 9.82. The van der Waals surface area contributed by atoms with E-state index in [0.29, 0.717) is 24.3 Å². The molecule has 1 heterocycles. The number of hydrogen-bond donors (Lipinski definition) is 1. The Morgan fingerprint density at radius 2 is 1.64 bits per heavy atom. The smallest absolute Gasteiger partial charge is 0.267 e. The number of nitrogens with one attached hydrogen (secondary N) is 1. The Morgan fingerprint density at radius 1 is 1.04 bits per heavy atom. The molecule has 0 fully saturated rings. The van der Waals surface area contributed by atoms with Crippen LogP contribution in [0, 0.1) is 0 Å². The van der Waals surface area contributed by atoms with Crippen LogP contribution in [-0.4, -0.2) is 39.6 Å². The molecule has 0 saturated carbocycles. The van der Waals surface area contributed by atoms with E-state index in [1.165, 1.54) is 6.07 Å². The van der Waals surface area contributed by atoms with Gasteiger partial charge in [0.2, 0.25) is 5.91 Å². The predicted molar refractivity (Wildman–Crippen MR) is 110 cm³/mol. The van der Waals surface area contributed by atoms with Crippen molar-refractivity contribution in [2.45, 2.75) is 46.6 Å². The number of nitrogens with zero attached hydrogens (tertiary/aromatic N) is 3. The number of rotatable bonds is 6. The summed E-state index contributed by atoms with van der Waals surface area (Å²) < 4.78 is 1.16. The fourth-order valence-corrected chi connectivity index (χ4v) is 2.69. The van der Waals surface area contributed by atoms with Gasteiger partial charge in [-0.2, -0.15) is 5.10 Å². The molecule has 0 bridgehead atoms. The maximum absolute atomic E-state index is 12.3. The van der Waals surface area contributed by atoms with E-state index in [1.54, 1.807) is 35.2 Å². The zero-order chi connectivity index (χ0) is 20.9. The second kappa shape index (κ2) is 8.82. The second-order valence-corrected chi connectivity index (χ2v) is 7.57. The molecular formula is C21H28N4O3. The van der Waals surface area contributed by atoms with Crippen LogP contribution in [-0.2, 0) is 16.8 Å². The molecular weight excluding hydrogens is 356 g/mol. The van der Waals surface area contributed by atoms with Gasteiger partial charge in [-0.05, 0) is 44.2 Å². The molecule has 7 heteroatoms. The van der Waals surface area contributed by atoms with E-state index in [9.17, 15) is 14.4 Å². The minimum absolute atomic E-state index is 0.0439. The van der Waals surface area contributed by atoms with Crippen LogP contribution >= 0.6 is 0 Å². The molecule has 0 unspecified atom stereocenters. The first-order valence-corrected chi connectivity index (χ1v) is 9.43. The molecule has 1 aromatic heterocycles.